The Morgan fingerprint density at radius 3 is 2.41 bits per heavy atom. The van der Waals surface area contributed by atoms with E-state index in [9.17, 15) is 13.2 Å². The van der Waals surface area contributed by atoms with Gasteiger partial charge in [0.15, 0.2) is 23.0 Å². The number of methoxy groups -OCH3 is 2. The van der Waals surface area contributed by atoms with Crippen LogP contribution in [0.15, 0.2) is 77.2 Å². The lowest BCUT2D eigenvalue weighted by molar-refractivity contribution is 0.0954. The second kappa shape index (κ2) is 12.8. The summed E-state index contributed by atoms with van der Waals surface area (Å²) in [4.78, 5) is 12.5. The van der Waals surface area contributed by atoms with Crippen LogP contribution in [0.3, 0.4) is 0 Å². The summed E-state index contributed by atoms with van der Waals surface area (Å²) in [6.07, 6.45) is 2.99. The van der Waals surface area contributed by atoms with E-state index in [1.165, 1.54) is 56.8 Å². The van der Waals surface area contributed by atoms with E-state index in [-0.39, 0.29) is 16.4 Å². The average Bonchev–Trinajstić information content (AvgIpc) is 2.88. The molecule has 0 saturated carbocycles. The van der Waals surface area contributed by atoms with E-state index < -0.39 is 16.0 Å². The number of nitrogens with zero attached hydrogens (tertiary/aromatic N) is 1. The molecule has 1 N–H and O–H groups in total. The Balaban J connectivity index is 1.75. The predicted molar refractivity (Wildman–Crippen MR) is 149 cm³/mol. The first-order valence-corrected chi connectivity index (χ1v) is 13.4. The van der Waals surface area contributed by atoms with Gasteiger partial charge in [0.05, 0.1) is 24.0 Å². The number of hydrogen-bond acceptors (Lipinski definition) is 8. The minimum atomic E-state index is -4.13. The van der Waals surface area contributed by atoms with Crippen LogP contribution in [0.2, 0.25) is 5.02 Å². The predicted octanol–water partition coefficient (Wildman–Crippen LogP) is 5.06. The van der Waals surface area contributed by atoms with E-state index in [1.54, 1.807) is 24.3 Å². The topological polar surface area (TPSA) is 113 Å². The minimum absolute atomic E-state index is 0.0186. The van der Waals surface area contributed by atoms with Crippen LogP contribution < -0.4 is 23.8 Å². The second-order valence-corrected chi connectivity index (χ2v) is 10.3. The standard InChI is InChI=1S/C25H22ClIN2O7S/c1-4-11-35-21-10-5-17(14-22(21)33-2)25(30)29-28-15-16-12-20(27)24(23(13-16)34-3)36-37(31,32)19-8-6-18(26)7-9-19/h4-10,12-15H,1,11H2,2-3H3,(H,29,30)/b28-15+. The molecular weight excluding hydrogens is 635 g/mol. The normalized spacial score (nSPS) is 11.1. The molecule has 1 amide bonds. The van der Waals surface area contributed by atoms with E-state index in [0.29, 0.717) is 37.8 Å². The number of carbonyl (C=O) groups is 1. The van der Waals surface area contributed by atoms with Crippen LogP contribution in [0.25, 0.3) is 0 Å². The van der Waals surface area contributed by atoms with Gasteiger partial charge in [-0.1, -0.05) is 24.3 Å². The molecule has 0 spiro atoms. The van der Waals surface area contributed by atoms with Gasteiger partial charge in [-0.25, -0.2) is 5.43 Å². The van der Waals surface area contributed by atoms with Gasteiger partial charge < -0.3 is 18.4 Å². The van der Waals surface area contributed by atoms with Crippen LogP contribution >= 0.6 is 34.2 Å². The molecule has 0 aliphatic rings. The average molecular weight is 657 g/mol. The van der Waals surface area contributed by atoms with E-state index in [4.69, 9.17) is 30.0 Å². The fraction of sp³-hybridized carbons (Fsp3) is 0.120. The maximum atomic E-state index is 12.7. The quantitative estimate of drug-likeness (QED) is 0.101. The van der Waals surface area contributed by atoms with Crippen molar-refractivity contribution in [3.8, 4) is 23.0 Å². The molecule has 0 aliphatic heterocycles. The monoisotopic (exact) mass is 656 g/mol. The molecule has 0 unspecified atom stereocenters. The van der Waals surface area contributed by atoms with Crippen LogP contribution in [-0.4, -0.2) is 41.4 Å². The molecule has 0 radical (unpaired) electrons. The smallest absolute Gasteiger partial charge is 0.339 e. The van der Waals surface area contributed by atoms with Crippen LogP contribution in [0, 0.1) is 3.57 Å². The maximum Gasteiger partial charge on any atom is 0.339 e. The number of halogens is 2. The molecule has 3 aromatic rings. The molecule has 0 saturated heterocycles. The number of rotatable bonds is 11. The summed E-state index contributed by atoms with van der Waals surface area (Å²) in [6.45, 7) is 3.89. The molecule has 9 nitrogen and oxygen atoms in total. The van der Waals surface area contributed by atoms with Gasteiger partial charge in [-0.05, 0) is 82.8 Å². The van der Waals surface area contributed by atoms with Gasteiger partial charge in [0.2, 0.25) is 0 Å². The number of carbonyl (C=O) groups excluding carboxylic acids is 1. The van der Waals surface area contributed by atoms with Crippen LogP contribution in [0.1, 0.15) is 15.9 Å². The van der Waals surface area contributed by atoms with E-state index in [0.717, 1.165) is 0 Å². The highest BCUT2D eigenvalue weighted by Gasteiger charge is 2.22. The Kier molecular flexibility index (Phi) is 9.78. The van der Waals surface area contributed by atoms with Crippen LogP contribution in [0.4, 0.5) is 0 Å². The van der Waals surface area contributed by atoms with Gasteiger partial charge in [0.1, 0.15) is 11.5 Å². The first-order valence-electron chi connectivity index (χ1n) is 10.5. The summed E-state index contributed by atoms with van der Waals surface area (Å²) >= 11 is 7.76. The summed E-state index contributed by atoms with van der Waals surface area (Å²) in [6, 6.07) is 13.5. The van der Waals surface area contributed by atoms with Gasteiger partial charge >= 0.3 is 10.1 Å². The third-order valence-electron chi connectivity index (χ3n) is 4.71. The third-order valence-corrected chi connectivity index (χ3v) is 7.00. The van der Waals surface area contributed by atoms with Gasteiger partial charge in [-0.15, -0.1) is 0 Å². The Labute approximate surface area is 233 Å². The highest BCUT2D eigenvalue weighted by molar-refractivity contribution is 14.1. The summed E-state index contributed by atoms with van der Waals surface area (Å²) < 4.78 is 47.3. The van der Waals surface area contributed by atoms with Crippen LogP contribution in [0.5, 0.6) is 23.0 Å². The van der Waals surface area contributed by atoms with Crippen LogP contribution in [-0.2, 0) is 10.1 Å². The Bertz CT molecular complexity index is 1430. The van der Waals surface area contributed by atoms with Gasteiger partial charge in [-0.3, -0.25) is 4.79 Å². The maximum absolute atomic E-state index is 12.7. The number of ether oxygens (including phenoxy) is 3. The molecule has 0 atom stereocenters. The van der Waals surface area contributed by atoms with E-state index in [2.05, 4.69) is 17.1 Å². The van der Waals surface area contributed by atoms with Crippen molar-refractivity contribution in [2.75, 3.05) is 20.8 Å². The molecule has 3 aromatic carbocycles. The molecule has 0 heterocycles. The first-order chi connectivity index (χ1) is 17.7. The summed E-state index contributed by atoms with van der Waals surface area (Å²) in [5.41, 5.74) is 3.27. The molecule has 0 aromatic heterocycles. The van der Waals surface area contributed by atoms with E-state index >= 15 is 0 Å². The van der Waals surface area contributed by atoms with Crippen molar-refractivity contribution in [3.63, 3.8) is 0 Å². The van der Waals surface area contributed by atoms with Crippen molar-refractivity contribution in [3.05, 3.63) is 87.0 Å². The Hall–Kier alpha value is -3.29. The molecule has 0 bridgehead atoms. The SMILES string of the molecule is C=CCOc1ccc(C(=O)N/N=C/c2cc(I)c(OS(=O)(=O)c3ccc(Cl)cc3)c(OC)c2)cc1OC. The number of amides is 1. The van der Waals surface area contributed by atoms with Gasteiger partial charge in [-0.2, -0.15) is 13.5 Å². The van der Waals surface area contributed by atoms with Crippen molar-refractivity contribution in [1.82, 2.24) is 5.43 Å². The van der Waals surface area contributed by atoms with Gasteiger partial charge in [0.25, 0.3) is 5.91 Å². The van der Waals surface area contributed by atoms with Crippen molar-refractivity contribution in [1.29, 1.82) is 0 Å². The zero-order valence-corrected chi connectivity index (χ0v) is 23.5. The molecule has 37 heavy (non-hydrogen) atoms. The van der Waals surface area contributed by atoms with Crippen molar-refractivity contribution < 1.29 is 31.6 Å². The molecule has 0 aliphatic carbocycles. The lowest BCUT2D eigenvalue weighted by Gasteiger charge is -2.13. The minimum Gasteiger partial charge on any atom is -0.493 e. The summed E-state index contributed by atoms with van der Waals surface area (Å²) in [5, 5.41) is 4.38. The highest BCUT2D eigenvalue weighted by Crippen LogP contribution is 2.36. The Morgan fingerprint density at radius 1 is 1.05 bits per heavy atom. The number of hydrazone groups is 1. The zero-order chi connectivity index (χ0) is 27.0. The van der Waals surface area contributed by atoms with Crippen molar-refractivity contribution in [2.45, 2.75) is 4.90 Å². The lowest BCUT2D eigenvalue weighted by atomic mass is 10.2. The van der Waals surface area contributed by atoms with E-state index in [1.807, 2.05) is 22.6 Å². The van der Waals surface area contributed by atoms with Gasteiger partial charge in [0, 0.05) is 10.6 Å². The lowest BCUT2D eigenvalue weighted by Crippen LogP contribution is -2.17. The molecule has 12 heteroatoms. The molecular formula is C25H22ClIN2O7S. The van der Waals surface area contributed by atoms with Crippen molar-refractivity contribution >= 4 is 56.4 Å². The second-order valence-electron chi connectivity index (χ2n) is 7.19. The molecule has 0 fully saturated rings. The largest absolute Gasteiger partial charge is 0.493 e. The molecule has 3 rings (SSSR count). The number of benzene rings is 3. The first kappa shape index (κ1) is 28.3. The fourth-order valence-corrected chi connectivity index (χ4v) is 4.93. The number of nitrogens with one attached hydrogen (secondary N) is 1. The fourth-order valence-electron chi connectivity index (χ4n) is 2.96. The third kappa shape index (κ3) is 7.37. The number of hydrogen-bond donors (Lipinski definition) is 1. The molecule has 194 valence electrons. The zero-order valence-electron chi connectivity index (χ0n) is 19.7. The highest BCUT2D eigenvalue weighted by atomic mass is 127. The Morgan fingerprint density at radius 2 is 1.76 bits per heavy atom. The van der Waals surface area contributed by atoms with Crippen molar-refractivity contribution in [2.24, 2.45) is 5.10 Å². The summed E-state index contributed by atoms with van der Waals surface area (Å²) in [7, 11) is -1.28. The summed E-state index contributed by atoms with van der Waals surface area (Å²) in [5.74, 6) is 0.578.